The van der Waals surface area contributed by atoms with Gasteiger partial charge in [0.1, 0.15) is 0 Å². The molecule has 0 saturated heterocycles. The first-order chi connectivity index (χ1) is 10.2. The first-order valence-electron chi connectivity index (χ1n) is 7.08. The quantitative estimate of drug-likeness (QED) is 0.380. The predicted octanol–water partition coefficient (Wildman–Crippen LogP) is 3.94. The summed E-state index contributed by atoms with van der Waals surface area (Å²) < 4.78 is 10.2. The molecule has 1 nitrogen and oxygen atoms in total. The molecule has 0 spiro atoms. The Labute approximate surface area is 150 Å². The van der Waals surface area contributed by atoms with E-state index in [4.69, 9.17) is 4.74 Å². The summed E-state index contributed by atoms with van der Waals surface area (Å²) in [6, 6.07) is 10.7. The molecule has 0 N–H and O–H groups in total. The van der Waals surface area contributed by atoms with Crippen LogP contribution < -0.4 is 0 Å². The maximum absolute atomic E-state index is 5.73. The van der Waals surface area contributed by atoms with Crippen LogP contribution in [-0.2, 0) is 49.9 Å². The number of hydrogen-bond donors (Lipinski definition) is 0. The van der Waals surface area contributed by atoms with Gasteiger partial charge in [0, 0.05) is 0 Å². The Bertz CT molecular complexity index is 515. The molecule has 0 bridgehead atoms. The van der Waals surface area contributed by atoms with Crippen molar-refractivity contribution < 1.29 is 43.4 Å². The van der Waals surface area contributed by atoms with Gasteiger partial charge in [-0.2, -0.15) is 0 Å². The minimum absolute atomic E-state index is 0.695. The summed E-state index contributed by atoms with van der Waals surface area (Å²) in [5.74, 6) is 0. The Kier molecular flexibility index (Phi) is 9.97. The molecule has 0 saturated carbocycles. The third-order valence-electron chi connectivity index (χ3n) is 3.31. The summed E-state index contributed by atoms with van der Waals surface area (Å²) in [6.07, 6.45) is 5.33. The molecule has 0 atom stereocenters. The molecule has 1 aromatic rings. The van der Waals surface area contributed by atoms with E-state index in [0.29, 0.717) is 6.61 Å². The van der Waals surface area contributed by atoms with E-state index in [1.54, 1.807) is 0 Å². The van der Waals surface area contributed by atoms with Crippen LogP contribution in [0.2, 0.25) is 0 Å². The average Bonchev–Trinajstić information content (AvgIpc) is 2.53. The average molecular weight is 622 g/mol. The van der Waals surface area contributed by atoms with Gasteiger partial charge in [0.05, 0.1) is 0 Å². The van der Waals surface area contributed by atoms with Crippen molar-refractivity contribution in [3.63, 3.8) is 0 Å². The van der Waals surface area contributed by atoms with E-state index in [1.807, 2.05) is 6.26 Å². The first-order valence-corrected chi connectivity index (χ1v) is 10.5. The van der Waals surface area contributed by atoms with E-state index in [-0.39, 0.29) is 0 Å². The van der Waals surface area contributed by atoms with Crippen LogP contribution in [-0.4, -0.2) is 15.4 Å². The molecular formula is C18H22OW2. The molecule has 0 amide bonds. The first kappa shape index (κ1) is 18.7. The molecule has 1 aromatic carbocycles. The van der Waals surface area contributed by atoms with E-state index in [2.05, 4.69) is 53.0 Å². The topological polar surface area (TPSA) is 9.23 Å². The fraction of sp³-hybridized carbons (Fsp3) is 0.333. The zero-order chi connectivity index (χ0) is 15.5. The zero-order valence-electron chi connectivity index (χ0n) is 12.7. The SMILES string of the molecule is CC([CH]=[W])=C(C)CO/C=C(/[CH]=[W])CCCc1ccccc1. The van der Waals surface area contributed by atoms with Crippen molar-refractivity contribution >= 4 is 8.80 Å². The van der Waals surface area contributed by atoms with Crippen molar-refractivity contribution in [1.29, 1.82) is 0 Å². The summed E-state index contributed by atoms with van der Waals surface area (Å²) in [4.78, 5) is 0. The van der Waals surface area contributed by atoms with Crippen molar-refractivity contribution in [3.8, 4) is 0 Å². The van der Waals surface area contributed by atoms with Crippen molar-refractivity contribution in [3.05, 3.63) is 58.9 Å². The zero-order valence-corrected chi connectivity index (χ0v) is 18.5. The Morgan fingerprint density at radius 1 is 1.10 bits per heavy atom. The van der Waals surface area contributed by atoms with Gasteiger partial charge in [-0.05, 0) is 0 Å². The molecule has 3 heteroatoms. The third-order valence-corrected chi connectivity index (χ3v) is 5.67. The van der Waals surface area contributed by atoms with Crippen molar-refractivity contribution in [2.24, 2.45) is 0 Å². The monoisotopic (exact) mass is 622 g/mol. The van der Waals surface area contributed by atoms with Gasteiger partial charge in [0.15, 0.2) is 0 Å². The van der Waals surface area contributed by atoms with Crippen LogP contribution in [0.15, 0.2) is 53.3 Å². The van der Waals surface area contributed by atoms with Gasteiger partial charge in [0.25, 0.3) is 0 Å². The van der Waals surface area contributed by atoms with E-state index < -0.39 is 0 Å². The molecule has 0 heterocycles. The summed E-state index contributed by atoms with van der Waals surface area (Å²) in [7, 11) is 0. The normalized spacial score (nSPS) is 12.6. The van der Waals surface area contributed by atoms with Gasteiger partial charge in [-0.15, -0.1) is 0 Å². The van der Waals surface area contributed by atoms with Crippen molar-refractivity contribution in [2.45, 2.75) is 33.1 Å². The van der Waals surface area contributed by atoms with Gasteiger partial charge in [-0.1, -0.05) is 0 Å². The number of ether oxygens (including phenoxy) is 1. The van der Waals surface area contributed by atoms with E-state index in [1.165, 1.54) is 67.4 Å². The van der Waals surface area contributed by atoms with Gasteiger partial charge in [-0.25, -0.2) is 0 Å². The number of allylic oxidation sites excluding steroid dienone is 2. The van der Waals surface area contributed by atoms with Crippen LogP contribution in [0.1, 0.15) is 32.3 Å². The second-order valence-electron chi connectivity index (χ2n) is 5.04. The summed E-state index contributed by atoms with van der Waals surface area (Å²) >= 11 is 2.97. The second kappa shape index (κ2) is 11.2. The predicted molar refractivity (Wildman–Crippen MR) is 83.9 cm³/mol. The maximum atomic E-state index is 5.73. The molecular weight excluding hydrogens is 600 g/mol. The van der Waals surface area contributed by atoms with Crippen molar-refractivity contribution in [2.75, 3.05) is 6.61 Å². The van der Waals surface area contributed by atoms with Crippen LogP contribution in [0.5, 0.6) is 0 Å². The minimum atomic E-state index is 0.695. The summed E-state index contributed by atoms with van der Waals surface area (Å²) in [5.41, 5.74) is 5.39. The van der Waals surface area contributed by atoms with Crippen LogP contribution in [0.3, 0.4) is 0 Å². The molecule has 0 unspecified atom stereocenters. The molecule has 0 radical (unpaired) electrons. The van der Waals surface area contributed by atoms with E-state index in [0.717, 1.165) is 12.8 Å². The number of hydrogen-bond acceptors (Lipinski definition) is 1. The third kappa shape index (κ3) is 7.98. The van der Waals surface area contributed by atoms with Gasteiger partial charge in [0.2, 0.25) is 0 Å². The Morgan fingerprint density at radius 2 is 1.81 bits per heavy atom. The van der Waals surface area contributed by atoms with Crippen molar-refractivity contribution in [1.82, 2.24) is 0 Å². The van der Waals surface area contributed by atoms with Crippen LogP contribution in [0, 0.1) is 0 Å². The number of rotatable bonds is 9. The second-order valence-corrected chi connectivity index (χ2v) is 6.74. The summed E-state index contributed by atoms with van der Waals surface area (Å²) in [6.45, 7) is 4.98. The van der Waals surface area contributed by atoms with Gasteiger partial charge in [-0.3, -0.25) is 0 Å². The molecule has 0 aliphatic carbocycles. The fourth-order valence-electron chi connectivity index (χ4n) is 1.78. The number of aryl methyl sites for hydroxylation is 1. The Hall–Kier alpha value is -0.383. The van der Waals surface area contributed by atoms with Gasteiger partial charge >= 0.3 is 151 Å². The standard InChI is InChI=1S/C18H22O.2W/c1-15(2)17(4)14-19-13-16(3)9-8-12-18-10-6-5-7-11-18;;/h1,3,5-7,10-11,13H,8-9,12,14H2,2,4H3;;/b16-13-,17-15?;;. The Morgan fingerprint density at radius 3 is 2.43 bits per heavy atom. The number of benzene rings is 1. The van der Waals surface area contributed by atoms with E-state index >= 15 is 0 Å². The Balaban J connectivity index is 2.39. The van der Waals surface area contributed by atoms with Crippen LogP contribution in [0.25, 0.3) is 0 Å². The van der Waals surface area contributed by atoms with Gasteiger partial charge < -0.3 is 0 Å². The van der Waals surface area contributed by atoms with Crippen LogP contribution in [0.4, 0.5) is 0 Å². The summed E-state index contributed by atoms with van der Waals surface area (Å²) in [5, 5.41) is 0. The molecule has 21 heavy (non-hydrogen) atoms. The molecule has 0 fully saturated rings. The molecule has 0 aromatic heterocycles. The van der Waals surface area contributed by atoms with Crippen LogP contribution >= 0.6 is 0 Å². The molecule has 1 rings (SSSR count). The molecule has 0 aliphatic rings. The van der Waals surface area contributed by atoms with E-state index in [9.17, 15) is 0 Å². The fourth-order valence-corrected chi connectivity index (χ4v) is 3.12. The molecule has 0 aliphatic heterocycles. The molecule has 112 valence electrons.